The van der Waals surface area contributed by atoms with E-state index in [-0.39, 0.29) is 13.0 Å². The van der Waals surface area contributed by atoms with Crippen molar-refractivity contribution in [1.82, 2.24) is 0 Å². The molecule has 0 aliphatic heterocycles. The van der Waals surface area contributed by atoms with E-state index in [1.54, 1.807) is 18.2 Å². The molecule has 0 bridgehead atoms. The normalized spacial score (nSPS) is 10.0. The molecule has 0 spiro atoms. The Morgan fingerprint density at radius 1 is 1.13 bits per heavy atom. The Bertz CT molecular complexity index is 669. The Morgan fingerprint density at radius 2 is 1.91 bits per heavy atom. The van der Waals surface area contributed by atoms with Crippen LogP contribution in [0.2, 0.25) is 0 Å². The van der Waals surface area contributed by atoms with Gasteiger partial charge < -0.3 is 19.5 Å². The molecule has 0 saturated carbocycles. The molecule has 0 radical (unpaired) electrons. The summed E-state index contributed by atoms with van der Waals surface area (Å²) in [7, 11) is 3.04. The van der Waals surface area contributed by atoms with Gasteiger partial charge in [0.05, 0.1) is 20.6 Å². The highest BCUT2D eigenvalue weighted by Gasteiger charge is 2.11. The summed E-state index contributed by atoms with van der Waals surface area (Å²) >= 11 is 1.51. The van der Waals surface area contributed by atoms with E-state index < -0.39 is 11.9 Å². The number of esters is 1. The van der Waals surface area contributed by atoms with Crippen molar-refractivity contribution in [2.24, 2.45) is 0 Å². The summed E-state index contributed by atoms with van der Waals surface area (Å²) in [6.45, 7) is -0.336. The summed E-state index contributed by atoms with van der Waals surface area (Å²) in [5.74, 6) is 0.203. The highest BCUT2D eigenvalue weighted by Crippen LogP contribution is 2.29. The van der Waals surface area contributed by atoms with Gasteiger partial charge in [0.15, 0.2) is 18.1 Å². The van der Waals surface area contributed by atoms with Gasteiger partial charge in [-0.1, -0.05) is 0 Å². The molecule has 0 saturated heterocycles. The number of hydrogen-bond acceptors (Lipinski definition) is 6. The van der Waals surface area contributed by atoms with Crippen LogP contribution in [0.25, 0.3) is 0 Å². The Hall–Kier alpha value is -2.54. The molecule has 2 rings (SSSR count). The fraction of sp³-hybridized carbons (Fsp3) is 0.250. The Morgan fingerprint density at radius 3 is 2.57 bits per heavy atom. The van der Waals surface area contributed by atoms with Crippen LogP contribution in [0.4, 0.5) is 5.69 Å². The highest BCUT2D eigenvalue weighted by atomic mass is 32.1. The summed E-state index contributed by atoms with van der Waals surface area (Å²) in [4.78, 5) is 23.4. The lowest BCUT2D eigenvalue weighted by Crippen LogP contribution is -2.21. The zero-order valence-corrected chi connectivity index (χ0v) is 13.6. The molecular formula is C16H17NO5S. The predicted molar refractivity (Wildman–Crippen MR) is 87.2 cm³/mol. The smallest absolute Gasteiger partial charge is 0.310 e. The van der Waals surface area contributed by atoms with Gasteiger partial charge in [0.2, 0.25) is 0 Å². The molecule has 1 aromatic carbocycles. The van der Waals surface area contributed by atoms with Gasteiger partial charge in [-0.3, -0.25) is 9.59 Å². The third kappa shape index (κ3) is 5.00. The fourth-order valence-corrected chi connectivity index (χ4v) is 2.54. The minimum absolute atomic E-state index is 0.160. The second kappa shape index (κ2) is 8.19. The third-order valence-electron chi connectivity index (χ3n) is 2.96. The number of methoxy groups -OCH3 is 2. The number of ether oxygens (including phenoxy) is 3. The van der Waals surface area contributed by atoms with Crippen molar-refractivity contribution in [2.75, 3.05) is 26.1 Å². The minimum atomic E-state index is -0.439. The fourth-order valence-electron chi connectivity index (χ4n) is 1.87. The van der Waals surface area contributed by atoms with Crippen LogP contribution in [0.1, 0.15) is 5.56 Å². The molecule has 1 heterocycles. The molecule has 0 unspecified atom stereocenters. The molecule has 23 heavy (non-hydrogen) atoms. The summed E-state index contributed by atoms with van der Waals surface area (Å²) in [5.41, 5.74) is 1.40. The monoisotopic (exact) mass is 335 g/mol. The van der Waals surface area contributed by atoms with E-state index in [9.17, 15) is 9.59 Å². The van der Waals surface area contributed by atoms with Gasteiger partial charge in [0.25, 0.3) is 5.91 Å². The molecule has 2 aromatic rings. The molecule has 1 N–H and O–H groups in total. The highest BCUT2D eigenvalue weighted by molar-refractivity contribution is 7.07. The third-order valence-corrected chi connectivity index (χ3v) is 3.69. The molecule has 0 fully saturated rings. The van der Waals surface area contributed by atoms with E-state index in [1.165, 1.54) is 25.6 Å². The van der Waals surface area contributed by atoms with Gasteiger partial charge in [-0.25, -0.2) is 0 Å². The maximum atomic E-state index is 11.8. The largest absolute Gasteiger partial charge is 0.493 e. The van der Waals surface area contributed by atoms with Crippen LogP contribution >= 0.6 is 11.3 Å². The van der Waals surface area contributed by atoms with Gasteiger partial charge in [-0.15, -0.1) is 0 Å². The topological polar surface area (TPSA) is 73.9 Å². The Labute approximate surface area is 138 Å². The van der Waals surface area contributed by atoms with E-state index >= 15 is 0 Å². The van der Waals surface area contributed by atoms with Gasteiger partial charge in [-0.05, 0) is 34.5 Å². The second-order valence-corrected chi connectivity index (χ2v) is 5.37. The van der Waals surface area contributed by atoms with Crippen LogP contribution in [0.3, 0.4) is 0 Å². The summed E-state index contributed by atoms with van der Waals surface area (Å²) in [6, 6.07) is 6.82. The maximum Gasteiger partial charge on any atom is 0.310 e. The first-order valence-electron chi connectivity index (χ1n) is 6.81. The molecule has 0 aliphatic carbocycles. The van der Waals surface area contributed by atoms with E-state index in [0.29, 0.717) is 17.2 Å². The molecule has 1 aromatic heterocycles. The SMILES string of the molecule is COc1ccc(NC(=O)COC(=O)Cc2ccsc2)cc1OC. The Kier molecular flexibility index (Phi) is 5.99. The van der Waals surface area contributed by atoms with Crippen LogP contribution in [0.15, 0.2) is 35.0 Å². The number of carbonyl (C=O) groups is 2. The van der Waals surface area contributed by atoms with Crippen molar-refractivity contribution in [3.05, 3.63) is 40.6 Å². The summed E-state index contributed by atoms with van der Waals surface area (Å²) in [6.07, 6.45) is 0.160. The van der Waals surface area contributed by atoms with Crippen molar-refractivity contribution in [2.45, 2.75) is 6.42 Å². The van der Waals surface area contributed by atoms with E-state index in [1.807, 2.05) is 16.8 Å². The van der Waals surface area contributed by atoms with Crippen LogP contribution in [-0.4, -0.2) is 32.7 Å². The zero-order chi connectivity index (χ0) is 16.7. The molecular weight excluding hydrogens is 318 g/mol. The minimum Gasteiger partial charge on any atom is -0.493 e. The molecule has 7 heteroatoms. The number of thiophene rings is 1. The lowest BCUT2D eigenvalue weighted by Gasteiger charge is -2.10. The molecule has 0 aliphatic rings. The quantitative estimate of drug-likeness (QED) is 0.787. The summed E-state index contributed by atoms with van der Waals surface area (Å²) < 4.78 is 15.2. The first kappa shape index (κ1) is 16.8. The lowest BCUT2D eigenvalue weighted by molar-refractivity contribution is -0.146. The number of benzene rings is 1. The van der Waals surface area contributed by atoms with Crippen molar-refractivity contribution in [3.63, 3.8) is 0 Å². The molecule has 1 amide bonds. The molecule has 122 valence electrons. The predicted octanol–water partition coefficient (Wildman–Crippen LogP) is 2.49. The van der Waals surface area contributed by atoms with E-state index in [4.69, 9.17) is 14.2 Å². The van der Waals surface area contributed by atoms with Gasteiger partial charge >= 0.3 is 5.97 Å². The van der Waals surface area contributed by atoms with E-state index in [0.717, 1.165) is 5.56 Å². The number of amides is 1. The lowest BCUT2D eigenvalue weighted by atomic mass is 10.2. The average molecular weight is 335 g/mol. The average Bonchev–Trinajstić information content (AvgIpc) is 3.05. The number of anilines is 1. The van der Waals surface area contributed by atoms with Crippen molar-refractivity contribution >= 4 is 28.9 Å². The van der Waals surface area contributed by atoms with E-state index in [2.05, 4.69) is 5.32 Å². The number of carbonyl (C=O) groups excluding carboxylic acids is 2. The van der Waals surface area contributed by atoms with Crippen LogP contribution in [0.5, 0.6) is 11.5 Å². The van der Waals surface area contributed by atoms with Crippen molar-refractivity contribution < 1.29 is 23.8 Å². The first-order chi connectivity index (χ1) is 11.1. The van der Waals surface area contributed by atoms with Crippen LogP contribution in [-0.2, 0) is 20.7 Å². The van der Waals surface area contributed by atoms with Gasteiger partial charge in [0, 0.05) is 11.8 Å². The summed E-state index contributed by atoms with van der Waals surface area (Å²) in [5, 5.41) is 6.38. The Balaban J connectivity index is 1.83. The number of rotatable bonds is 7. The second-order valence-electron chi connectivity index (χ2n) is 4.59. The molecule has 6 nitrogen and oxygen atoms in total. The number of hydrogen-bond donors (Lipinski definition) is 1. The number of nitrogens with one attached hydrogen (secondary N) is 1. The molecule has 0 atom stereocenters. The maximum absolute atomic E-state index is 11.8. The first-order valence-corrected chi connectivity index (χ1v) is 7.75. The van der Waals surface area contributed by atoms with Gasteiger partial charge in [-0.2, -0.15) is 11.3 Å². The van der Waals surface area contributed by atoms with Crippen LogP contribution in [0, 0.1) is 0 Å². The van der Waals surface area contributed by atoms with Crippen LogP contribution < -0.4 is 14.8 Å². The zero-order valence-electron chi connectivity index (χ0n) is 12.8. The standard InChI is InChI=1S/C16H17NO5S/c1-20-13-4-3-12(8-14(13)21-2)17-15(18)9-22-16(19)7-11-5-6-23-10-11/h3-6,8,10H,7,9H2,1-2H3,(H,17,18). The van der Waals surface area contributed by atoms with Gasteiger partial charge in [0.1, 0.15) is 0 Å². The van der Waals surface area contributed by atoms with Crippen molar-refractivity contribution in [1.29, 1.82) is 0 Å². The van der Waals surface area contributed by atoms with Crippen molar-refractivity contribution in [3.8, 4) is 11.5 Å².